The number of hydrogen-bond acceptors (Lipinski definition) is 6. The van der Waals surface area contributed by atoms with Crippen LogP contribution < -0.4 is 5.32 Å². The number of aromatic nitrogens is 2. The number of carbonyl (C=O) groups is 2. The largest absolute Gasteiger partial charge is 0.477 e. The lowest BCUT2D eigenvalue weighted by Gasteiger charge is -2.03. The van der Waals surface area contributed by atoms with E-state index in [2.05, 4.69) is 15.5 Å². The van der Waals surface area contributed by atoms with Crippen molar-refractivity contribution in [3.8, 4) is 10.7 Å². The summed E-state index contributed by atoms with van der Waals surface area (Å²) in [5.41, 5.74) is 1.04. The van der Waals surface area contributed by atoms with Crippen LogP contribution in [0.2, 0.25) is 0 Å². The number of rotatable bonds is 5. The van der Waals surface area contributed by atoms with Crippen LogP contribution in [-0.4, -0.2) is 27.1 Å². The maximum Gasteiger partial charge on any atom is 0.343 e. The number of thiazole rings is 1. The first-order chi connectivity index (χ1) is 11.6. The molecule has 0 saturated heterocycles. The molecule has 2 N–H and O–H groups in total. The predicted molar refractivity (Wildman–Crippen MR) is 88.5 cm³/mol. The monoisotopic (exact) mass is 363 g/mol. The molecule has 122 valence electrons. The van der Waals surface area contributed by atoms with Crippen LogP contribution in [0.1, 0.15) is 26.3 Å². The molecule has 0 spiro atoms. The molecule has 3 rings (SSSR count). The zero-order valence-corrected chi connectivity index (χ0v) is 13.6. The van der Waals surface area contributed by atoms with Crippen molar-refractivity contribution in [2.75, 3.05) is 5.32 Å². The van der Waals surface area contributed by atoms with Crippen molar-refractivity contribution >= 4 is 40.7 Å². The smallest absolute Gasteiger partial charge is 0.343 e. The Hall–Kier alpha value is -2.71. The van der Waals surface area contributed by atoms with E-state index in [0.29, 0.717) is 16.5 Å². The number of carbonyl (C=O) groups excluding carboxylic acids is 1. The van der Waals surface area contributed by atoms with Gasteiger partial charge in [-0.2, -0.15) is 0 Å². The lowest BCUT2D eigenvalue weighted by molar-refractivity contribution is 0.0698. The number of carboxylic acid groups (broad SMARTS) is 1. The van der Waals surface area contributed by atoms with Crippen molar-refractivity contribution in [3.63, 3.8) is 0 Å². The maximum atomic E-state index is 12.2. The highest BCUT2D eigenvalue weighted by Crippen LogP contribution is 2.30. The van der Waals surface area contributed by atoms with Crippen molar-refractivity contribution in [2.45, 2.75) is 5.88 Å². The van der Waals surface area contributed by atoms with Gasteiger partial charge in [0.15, 0.2) is 11.3 Å². The van der Waals surface area contributed by atoms with Gasteiger partial charge in [-0.15, -0.1) is 22.9 Å². The molecule has 0 aliphatic rings. The second-order valence-corrected chi connectivity index (χ2v) is 5.82. The molecule has 7 nitrogen and oxygen atoms in total. The number of nitrogens with one attached hydrogen (secondary N) is 1. The molecule has 0 saturated carbocycles. The topological polar surface area (TPSA) is 105 Å². The number of halogens is 1. The lowest BCUT2D eigenvalue weighted by atomic mass is 10.1. The molecule has 9 heteroatoms. The molecule has 0 aliphatic carbocycles. The van der Waals surface area contributed by atoms with Crippen LogP contribution in [0.3, 0.4) is 0 Å². The lowest BCUT2D eigenvalue weighted by Crippen LogP contribution is -2.14. The van der Waals surface area contributed by atoms with E-state index in [0.717, 1.165) is 5.56 Å². The Morgan fingerprint density at radius 1 is 1.29 bits per heavy atom. The van der Waals surface area contributed by atoms with Gasteiger partial charge < -0.3 is 9.63 Å². The van der Waals surface area contributed by atoms with E-state index in [-0.39, 0.29) is 17.1 Å². The maximum absolute atomic E-state index is 12.2. The molecule has 2 heterocycles. The van der Waals surface area contributed by atoms with E-state index in [1.54, 1.807) is 29.6 Å². The zero-order valence-electron chi connectivity index (χ0n) is 12.0. The summed E-state index contributed by atoms with van der Waals surface area (Å²) in [6.07, 6.45) is 1.52. The van der Waals surface area contributed by atoms with Crippen LogP contribution in [0.25, 0.3) is 10.7 Å². The van der Waals surface area contributed by atoms with Crippen molar-refractivity contribution < 1.29 is 19.2 Å². The van der Waals surface area contributed by atoms with E-state index in [1.165, 1.54) is 17.5 Å². The summed E-state index contributed by atoms with van der Waals surface area (Å²) in [5.74, 6) is -1.68. The molecule has 0 fully saturated rings. The van der Waals surface area contributed by atoms with E-state index in [4.69, 9.17) is 16.1 Å². The molecule has 0 bridgehead atoms. The van der Waals surface area contributed by atoms with Gasteiger partial charge >= 0.3 is 5.97 Å². The first-order valence-corrected chi connectivity index (χ1v) is 8.10. The van der Waals surface area contributed by atoms with Crippen LogP contribution in [0.15, 0.2) is 40.4 Å². The zero-order chi connectivity index (χ0) is 17.1. The molecule has 0 unspecified atom stereocenters. The highest BCUT2D eigenvalue weighted by Gasteiger charge is 2.26. The second-order valence-electron chi connectivity index (χ2n) is 4.66. The number of hydrogen-bond donors (Lipinski definition) is 2. The van der Waals surface area contributed by atoms with Crippen molar-refractivity contribution in [2.24, 2.45) is 0 Å². The average Bonchev–Trinajstić information content (AvgIpc) is 3.23. The number of nitrogens with zero attached hydrogens (tertiary/aromatic N) is 2. The fourth-order valence-electron chi connectivity index (χ4n) is 1.98. The van der Waals surface area contributed by atoms with E-state index in [1.807, 2.05) is 0 Å². The number of benzene rings is 1. The fourth-order valence-corrected chi connectivity index (χ4v) is 2.78. The summed E-state index contributed by atoms with van der Waals surface area (Å²) in [6, 6.07) is 6.60. The van der Waals surface area contributed by atoms with Crippen LogP contribution >= 0.6 is 22.9 Å². The Kier molecular flexibility index (Phi) is 4.59. The SMILES string of the molecule is O=C(Nc1onc(-c2nccs2)c1C(=O)O)c1ccc(CCl)cc1. The highest BCUT2D eigenvalue weighted by molar-refractivity contribution is 7.13. The van der Waals surface area contributed by atoms with Crippen molar-refractivity contribution in [3.05, 3.63) is 52.5 Å². The Morgan fingerprint density at radius 2 is 2.04 bits per heavy atom. The number of carboxylic acids is 1. The molecule has 2 aromatic heterocycles. The number of alkyl halides is 1. The van der Waals surface area contributed by atoms with Gasteiger partial charge in [0.25, 0.3) is 5.91 Å². The van der Waals surface area contributed by atoms with Gasteiger partial charge in [-0.25, -0.2) is 9.78 Å². The highest BCUT2D eigenvalue weighted by atomic mass is 35.5. The van der Waals surface area contributed by atoms with Gasteiger partial charge in [0, 0.05) is 23.0 Å². The van der Waals surface area contributed by atoms with E-state index < -0.39 is 11.9 Å². The van der Waals surface area contributed by atoms with Crippen LogP contribution in [0.4, 0.5) is 5.88 Å². The summed E-state index contributed by atoms with van der Waals surface area (Å²) in [7, 11) is 0. The minimum atomic E-state index is -1.27. The third-order valence-electron chi connectivity index (χ3n) is 3.14. The second kappa shape index (κ2) is 6.81. The standard InChI is InChI=1S/C15H10ClN3O4S/c16-7-8-1-3-9(4-2-8)12(20)18-13-10(15(21)22)11(19-23-13)14-17-5-6-24-14/h1-6H,7H2,(H,18,20)(H,21,22). The van der Waals surface area contributed by atoms with Crippen molar-refractivity contribution in [1.82, 2.24) is 10.1 Å². The Labute approximate surface area is 144 Å². The minimum Gasteiger partial charge on any atom is -0.477 e. The molecule has 0 atom stereocenters. The molecule has 1 aromatic carbocycles. The molecule has 24 heavy (non-hydrogen) atoms. The number of anilines is 1. The van der Waals surface area contributed by atoms with Gasteiger partial charge in [0.05, 0.1) is 0 Å². The fraction of sp³-hybridized carbons (Fsp3) is 0.0667. The first-order valence-electron chi connectivity index (χ1n) is 6.69. The quantitative estimate of drug-likeness (QED) is 0.672. The average molecular weight is 364 g/mol. The third kappa shape index (κ3) is 3.15. The van der Waals surface area contributed by atoms with Gasteiger partial charge in [-0.3, -0.25) is 10.1 Å². The molecule has 0 radical (unpaired) electrons. The summed E-state index contributed by atoms with van der Waals surface area (Å²) in [5, 5.41) is 17.6. The van der Waals surface area contributed by atoms with Gasteiger partial charge in [0.1, 0.15) is 5.01 Å². The minimum absolute atomic E-state index is 0.0743. The first kappa shape index (κ1) is 16.2. The van der Waals surface area contributed by atoms with E-state index in [9.17, 15) is 14.7 Å². The van der Waals surface area contributed by atoms with Gasteiger partial charge in [-0.1, -0.05) is 17.3 Å². The molecule has 3 aromatic rings. The molecular formula is C15H10ClN3O4S. The summed E-state index contributed by atoms with van der Waals surface area (Å²) in [4.78, 5) is 27.8. The third-order valence-corrected chi connectivity index (χ3v) is 4.23. The Bertz CT molecular complexity index is 875. The predicted octanol–water partition coefficient (Wildman–Crippen LogP) is 3.49. The van der Waals surface area contributed by atoms with Crippen molar-refractivity contribution in [1.29, 1.82) is 0 Å². The summed E-state index contributed by atoms with van der Waals surface area (Å²) in [6.45, 7) is 0. The summed E-state index contributed by atoms with van der Waals surface area (Å²) >= 11 is 6.92. The Morgan fingerprint density at radius 3 is 2.62 bits per heavy atom. The molecule has 0 aliphatic heterocycles. The van der Waals surface area contributed by atoms with Crippen LogP contribution in [0.5, 0.6) is 0 Å². The Balaban J connectivity index is 1.89. The van der Waals surface area contributed by atoms with Gasteiger partial charge in [0.2, 0.25) is 5.88 Å². The summed E-state index contributed by atoms with van der Waals surface area (Å²) < 4.78 is 5.00. The van der Waals surface area contributed by atoms with Gasteiger partial charge in [-0.05, 0) is 17.7 Å². The van der Waals surface area contributed by atoms with Crippen LogP contribution in [-0.2, 0) is 5.88 Å². The van der Waals surface area contributed by atoms with Crippen LogP contribution in [0, 0.1) is 0 Å². The number of aromatic carboxylic acids is 1. The normalized spacial score (nSPS) is 10.5. The van der Waals surface area contributed by atoms with E-state index >= 15 is 0 Å². The molecule has 1 amide bonds. The number of amides is 1. The molecular weight excluding hydrogens is 354 g/mol.